The fourth-order valence-corrected chi connectivity index (χ4v) is 3.19. The van der Waals surface area contributed by atoms with Gasteiger partial charge < -0.3 is 14.6 Å². The molecule has 0 bridgehead atoms. The quantitative estimate of drug-likeness (QED) is 0.875. The van der Waals surface area contributed by atoms with E-state index in [0.29, 0.717) is 11.7 Å². The zero-order chi connectivity index (χ0) is 12.9. The summed E-state index contributed by atoms with van der Waals surface area (Å²) in [5.41, 5.74) is 0. The highest BCUT2D eigenvalue weighted by molar-refractivity contribution is 7.99. The van der Waals surface area contributed by atoms with Crippen molar-refractivity contribution in [1.82, 2.24) is 20.4 Å². The van der Waals surface area contributed by atoms with Crippen LogP contribution in [0.3, 0.4) is 0 Å². The summed E-state index contributed by atoms with van der Waals surface area (Å²) < 4.78 is 11.0. The van der Waals surface area contributed by atoms with Crippen molar-refractivity contribution in [1.29, 1.82) is 0 Å². The van der Waals surface area contributed by atoms with Gasteiger partial charge in [-0.15, -0.1) is 0 Å². The molecule has 0 amide bonds. The van der Waals surface area contributed by atoms with Gasteiger partial charge in [0.15, 0.2) is 0 Å². The fourth-order valence-electron chi connectivity index (χ4n) is 2.35. The van der Waals surface area contributed by atoms with Crippen molar-refractivity contribution in [3.8, 4) is 0 Å². The summed E-state index contributed by atoms with van der Waals surface area (Å²) in [6.45, 7) is 5.77. The summed E-state index contributed by atoms with van der Waals surface area (Å²) in [6.07, 6.45) is 1.17. The molecule has 1 aromatic heterocycles. The minimum Gasteiger partial charge on any atom is -0.368 e. The van der Waals surface area contributed by atoms with Crippen LogP contribution in [0, 0.1) is 0 Å². The molecule has 6 nitrogen and oxygen atoms in total. The van der Waals surface area contributed by atoms with E-state index < -0.39 is 0 Å². The maximum absolute atomic E-state index is 5.66. The lowest BCUT2D eigenvalue weighted by atomic mass is 10.3. The normalized spacial score (nSPS) is 26.2. The van der Waals surface area contributed by atoms with Crippen molar-refractivity contribution >= 4 is 11.8 Å². The summed E-state index contributed by atoms with van der Waals surface area (Å²) in [5, 5.41) is 7.45. The summed E-state index contributed by atoms with van der Waals surface area (Å²) in [7, 11) is 0. The van der Waals surface area contributed by atoms with Crippen LogP contribution in [0.1, 0.15) is 24.2 Å². The molecule has 3 rings (SSSR count). The Bertz CT molecular complexity index is 387. The van der Waals surface area contributed by atoms with Crippen LogP contribution in [0.4, 0.5) is 0 Å². The highest BCUT2D eigenvalue weighted by Gasteiger charge is 2.22. The first kappa shape index (κ1) is 13.4. The first-order chi connectivity index (χ1) is 9.42. The second kappa shape index (κ2) is 6.69. The van der Waals surface area contributed by atoms with Crippen molar-refractivity contribution < 1.29 is 9.26 Å². The molecule has 2 fully saturated rings. The minimum atomic E-state index is 0.00190. The van der Waals surface area contributed by atoms with E-state index in [1.165, 1.54) is 6.42 Å². The summed E-state index contributed by atoms with van der Waals surface area (Å²) in [5.74, 6) is 3.39. The van der Waals surface area contributed by atoms with E-state index in [-0.39, 0.29) is 6.10 Å². The Kier molecular flexibility index (Phi) is 4.71. The van der Waals surface area contributed by atoms with E-state index in [4.69, 9.17) is 9.26 Å². The van der Waals surface area contributed by atoms with Crippen molar-refractivity contribution in [2.24, 2.45) is 0 Å². The van der Waals surface area contributed by atoms with Crippen LogP contribution in [0.25, 0.3) is 0 Å². The zero-order valence-electron chi connectivity index (χ0n) is 11.0. The van der Waals surface area contributed by atoms with Crippen LogP contribution in [-0.4, -0.2) is 59.3 Å². The molecule has 1 unspecified atom stereocenters. The smallest absolute Gasteiger partial charge is 0.240 e. The van der Waals surface area contributed by atoms with Crippen molar-refractivity contribution in [3.05, 3.63) is 11.7 Å². The van der Waals surface area contributed by atoms with E-state index in [1.54, 1.807) is 0 Å². The number of nitrogens with one attached hydrogen (secondary N) is 1. The average molecular weight is 284 g/mol. The molecular weight excluding hydrogens is 264 g/mol. The number of nitrogens with zero attached hydrogens (tertiary/aromatic N) is 3. The Morgan fingerprint density at radius 2 is 2.37 bits per heavy atom. The first-order valence-corrected chi connectivity index (χ1v) is 8.02. The lowest BCUT2D eigenvalue weighted by Gasteiger charge is -2.18. The Hall–Kier alpha value is -0.630. The Labute approximate surface area is 117 Å². The van der Waals surface area contributed by atoms with Gasteiger partial charge in [-0.1, -0.05) is 5.16 Å². The van der Waals surface area contributed by atoms with E-state index >= 15 is 0 Å². The number of rotatable bonds is 3. The van der Waals surface area contributed by atoms with E-state index in [0.717, 1.165) is 50.8 Å². The van der Waals surface area contributed by atoms with Gasteiger partial charge in [-0.25, -0.2) is 0 Å². The lowest BCUT2D eigenvalue weighted by Crippen LogP contribution is -2.27. The van der Waals surface area contributed by atoms with Gasteiger partial charge in [-0.3, -0.25) is 4.90 Å². The van der Waals surface area contributed by atoms with E-state index in [9.17, 15) is 0 Å². The Morgan fingerprint density at radius 3 is 3.26 bits per heavy atom. The number of aromatic nitrogens is 2. The Morgan fingerprint density at radius 1 is 1.37 bits per heavy atom. The van der Waals surface area contributed by atoms with Gasteiger partial charge in [0, 0.05) is 24.6 Å². The lowest BCUT2D eigenvalue weighted by molar-refractivity contribution is 0.0677. The standard InChI is InChI=1S/C12H20N4O2S/c1-2-13-3-5-16(4-1)8-11-14-12(15-18-11)10-9-19-7-6-17-10/h10,13H,1-9H2. The van der Waals surface area contributed by atoms with Crippen molar-refractivity contribution in [2.45, 2.75) is 19.1 Å². The van der Waals surface area contributed by atoms with Crippen molar-refractivity contribution in [3.63, 3.8) is 0 Å². The van der Waals surface area contributed by atoms with Gasteiger partial charge in [0.25, 0.3) is 0 Å². The fraction of sp³-hybridized carbons (Fsp3) is 0.833. The number of hydrogen-bond acceptors (Lipinski definition) is 7. The highest BCUT2D eigenvalue weighted by atomic mass is 32.2. The van der Waals surface area contributed by atoms with Crippen LogP contribution in [0.15, 0.2) is 4.52 Å². The van der Waals surface area contributed by atoms with Crippen LogP contribution in [-0.2, 0) is 11.3 Å². The third kappa shape index (κ3) is 3.68. The second-order valence-corrected chi connectivity index (χ2v) is 6.01. The predicted octanol–water partition coefficient (Wildman–Crippen LogP) is 0.669. The van der Waals surface area contributed by atoms with Crippen LogP contribution < -0.4 is 5.32 Å². The van der Waals surface area contributed by atoms with Crippen LogP contribution in [0.2, 0.25) is 0 Å². The van der Waals surface area contributed by atoms with Gasteiger partial charge in [0.1, 0.15) is 6.10 Å². The molecule has 2 saturated heterocycles. The largest absolute Gasteiger partial charge is 0.368 e. The van der Waals surface area contributed by atoms with Gasteiger partial charge >= 0.3 is 0 Å². The molecule has 106 valence electrons. The van der Waals surface area contributed by atoms with Crippen molar-refractivity contribution in [2.75, 3.05) is 44.3 Å². The highest BCUT2D eigenvalue weighted by Crippen LogP contribution is 2.24. The molecule has 0 spiro atoms. The first-order valence-electron chi connectivity index (χ1n) is 6.87. The third-order valence-electron chi connectivity index (χ3n) is 3.38. The van der Waals surface area contributed by atoms with Crippen LogP contribution >= 0.6 is 11.8 Å². The molecule has 19 heavy (non-hydrogen) atoms. The topological polar surface area (TPSA) is 63.4 Å². The van der Waals surface area contributed by atoms with Gasteiger partial charge in [0.2, 0.25) is 11.7 Å². The van der Waals surface area contributed by atoms with Gasteiger partial charge in [-0.05, 0) is 19.5 Å². The summed E-state index contributed by atoms with van der Waals surface area (Å²) in [4.78, 5) is 6.84. The van der Waals surface area contributed by atoms with E-state index in [1.807, 2.05) is 11.8 Å². The Balaban J connectivity index is 1.57. The monoisotopic (exact) mass is 284 g/mol. The third-order valence-corrected chi connectivity index (χ3v) is 4.37. The molecule has 7 heteroatoms. The number of thioether (sulfide) groups is 1. The molecule has 2 aliphatic heterocycles. The molecule has 1 aromatic rings. The molecule has 0 radical (unpaired) electrons. The molecule has 3 heterocycles. The average Bonchev–Trinajstić information content (AvgIpc) is 2.76. The van der Waals surface area contributed by atoms with Crippen LogP contribution in [0.5, 0.6) is 0 Å². The molecule has 0 saturated carbocycles. The maximum atomic E-state index is 5.66. The SMILES string of the molecule is C1CNCCN(Cc2nc(C3CSCCO3)no2)C1. The molecule has 0 aliphatic carbocycles. The minimum absolute atomic E-state index is 0.00190. The van der Waals surface area contributed by atoms with Gasteiger partial charge in [-0.2, -0.15) is 16.7 Å². The molecule has 1 atom stereocenters. The zero-order valence-corrected chi connectivity index (χ0v) is 11.8. The van der Waals surface area contributed by atoms with E-state index in [2.05, 4.69) is 20.4 Å². The molecular formula is C12H20N4O2S. The molecule has 0 aromatic carbocycles. The second-order valence-electron chi connectivity index (χ2n) is 4.86. The van der Waals surface area contributed by atoms with Gasteiger partial charge in [0.05, 0.1) is 13.2 Å². The number of ether oxygens (including phenoxy) is 1. The maximum Gasteiger partial charge on any atom is 0.240 e. The predicted molar refractivity (Wildman–Crippen MR) is 73.1 cm³/mol. The molecule has 1 N–H and O–H groups in total. The summed E-state index contributed by atoms with van der Waals surface area (Å²) >= 11 is 1.88. The number of hydrogen-bond donors (Lipinski definition) is 1. The summed E-state index contributed by atoms with van der Waals surface area (Å²) in [6, 6.07) is 0. The molecule has 2 aliphatic rings.